The molecule has 0 radical (unpaired) electrons. The van der Waals surface area contributed by atoms with Gasteiger partial charge in [0.25, 0.3) is 0 Å². The molecular formula is C33H35NO5S. The number of hydrogen-bond donors (Lipinski definition) is 2. The molecule has 0 fully saturated rings. The molecule has 1 aliphatic carbocycles. The van der Waals surface area contributed by atoms with Crippen LogP contribution in [0.15, 0.2) is 127 Å². The molecule has 0 aliphatic heterocycles. The van der Waals surface area contributed by atoms with Crippen molar-refractivity contribution in [1.82, 2.24) is 3.97 Å². The largest absolute Gasteiger partial charge is 0.497 e. The summed E-state index contributed by atoms with van der Waals surface area (Å²) in [5, 5.41) is 11.9. The van der Waals surface area contributed by atoms with E-state index in [1.54, 1.807) is 49.8 Å². The molecule has 1 heterocycles. The van der Waals surface area contributed by atoms with Crippen LogP contribution in [0.1, 0.15) is 35.5 Å². The first kappa shape index (κ1) is 30.3. The van der Waals surface area contributed by atoms with Gasteiger partial charge in [-0.2, -0.15) is 0 Å². The van der Waals surface area contributed by atoms with Gasteiger partial charge < -0.3 is 19.3 Å². The van der Waals surface area contributed by atoms with Gasteiger partial charge in [-0.15, -0.1) is 0 Å². The fraction of sp³-hybridized carbons (Fsp3) is 0.182. The lowest BCUT2D eigenvalue weighted by molar-refractivity contribution is 0.0597. The molecule has 6 nitrogen and oxygen atoms in total. The molecule has 4 rings (SSSR count). The van der Waals surface area contributed by atoms with Gasteiger partial charge in [0, 0.05) is 11.5 Å². The normalized spacial score (nSPS) is 14.0. The van der Waals surface area contributed by atoms with Gasteiger partial charge in [-0.1, -0.05) is 97.8 Å². The van der Waals surface area contributed by atoms with Crippen LogP contribution in [0.25, 0.3) is 10.9 Å². The third-order valence-corrected chi connectivity index (χ3v) is 6.37. The number of aliphatic hydroxyl groups is 1. The van der Waals surface area contributed by atoms with Gasteiger partial charge in [0.05, 0.1) is 37.3 Å². The maximum atomic E-state index is 12.7. The summed E-state index contributed by atoms with van der Waals surface area (Å²) in [6, 6.07) is 17.3. The first-order chi connectivity index (χ1) is 19.5. The molecule has 2 aromatic carbocycles. The third kappa shape index (κ3) is 8.15. The molecule has 1 aliphatic rings. The topological polar surface area (TPSA) is 69.9 Å². The van der Waals surface area contributed by atoms with E-state index < -0.39 is 12.1 Å². The van der Waals surface area contributed by atoms with Crippen LogP contribution in [0.2, 0.25) is 0 Å². The van der Waals surface area contributed by atoms with E-state index in [-0.39, 0.29) is 5.56 Å². The van der Waals surface area contributed by atoms with E-state index >= 15 is 0 Å². The second-order valence-corrected chi connectivity index (χ2v) is 9.02. The molecule has 1 atom stereocenters. The lowest BCUT2D eigenvalue weighted by Crippen LogP contribution is -2.11. The van der Waals surface area contributed by atoms with Gasteiger partial charge in [-0.05, 0) is 42.7 Å². The van der Waals surface area contributed by atoms with E-state index in [4.69, 9.17) is 14.2 Å². The molecule has 7 heteroatoms. The summed E-state index contributed by atoms with van der Waals surface area (Å²) in [4.78, 5) is 12.7. The van der Waals surface area contributed by atoms with Gasteiger partial charge in [0.1, 0.15) is 18.5 Å². The van der Waals surface area contributed by atoms with Crippen LogP contribution in [-0.4, -0.2) is 35.9 Å². The Bertz CT molecular complexity index is 1420. The van der Waals surface area contributed by atoms with E-state index in [0.29, 0.717) is 34.5 Å². The Kier molecular flexibility index (Phi) is 12.2. The van der Waals surface area contributed by atoms with Gasteiger partial charge >= 0.3 is 5.97 Å². The Balaban J connectivity index is 0.000000649. The van der Waals surface area contributed by atoms with Crippen LogP contribution in [-0.2, 0) is 9.47 Å². The van der Waals surface area contributed by atoms with Crippen molar-refractivity contribution in [3.8, 4) is 5.75 Å². The summed E-state index contributed by atoms with van der Waals surface area (Å²) < 4.78 is 17.4. The molecule has 0 amide bonds. The minimum Gasteiger partial charge on any atom is -0.497 e. The number of rotatable bonds is 9. The average molecular weight is 558 g/mol. The number of thiol groups is 1. The number of carbonyl (C=O) groups excluding carboxylic acids is 1. The standard InChI is InChI=1S/C27H29NO5S.C6H6/c1-4-10-20(13-9-16-33-18-19-11-7-5-6-8-12-19)26(29)25-24(27(30)32-3)22-15-14-21(31-2)17-23(22)28(25)34;1-2-4-6-5-3-1/h4-5,7-17,26,29,34H,6,18H2,1-3H3;1-6H/b10-4-,16-9+,20-13+;. The Hall–Kier alpha value is -4.20. The summed E-state index contributed by atoms with van der Waals surface area (Å²) in [7, 11) is 2.87. The van der Waals surface area contributed by atoms with Gasteiger partial charge in [0.2, 0.25) is 0 Å². The first-order valence-corrected chi connectivity index (χ1v) is 13.2. The number of ether oxygens (including phenoxy) is 3. The minimum atomic E-state index is -1.15. The maximum absolute atomic E-state index is 12.7. The number of fused-ring (bicyclic) bond motifs is 1. The minimum absolute atomic E-state index is 0.249. The molecule has 40 heavy (non-hydrogen) atoms. The van der Waals surface area contributed by atoms with Crippen LogP contribution in [0.5, 0.6) is 5.75 Å². The van der Waals surface area contributed by atoms with E-state index in [1.807, 2.05) is 67.6 Å². The number of aromatic nitrogens is 1. The molecule has 208 valence electrons. The third-order valence-electron chi connectivity index (χ3n) is 5.94. The average Bonchev–Trinajstić information content (AvgIpc) is 3.12. The number of hydrogen-bond acceptors (Lipinski definition) is 6. The predicted molar refractivity (Wildman–Crippen MR) is 165 cm³/mol. The summed E-state index contributed by atoms with van der Waals surface area (Å²) in [5.41, 5.74) is 2.79. The summed E-state index contributed by atoms with van der Waals surface area (Å²) >= 11 is 4.58. The van der Waals surface area contributed by atoms with Crippen LogP contribution in [0.4, 0.5) is 0 Å². The van der Waals surface area contributed by atoms with Crippen LogP contribution in [0, 0.1) is 0 Å². The zero-order valence-electron chi connectivity index (χ0n) is 22.9. The molecule has 1 N–H and O–H groups in total. The number of carbonyl (C=O) groups is 1. The highest BCUT2D eigenvalue weighted by Crippen LogP contribution is 2.36. The lowest BCUT2D eigenvalue weighted by Gasteiger charge is -2.15. The highest BCUT2D eigenvalue weighted by Gasteiger charge is 2.28. The number of benzene rings is 2. The van der Waals surface area contributed by atoms with E-state index in [1.165, 1.54) is 11.1 Å². The Morgan fingerprint density at radius 1 is 1.12 bits per heavy atom. The summed E-state index contributed by atoms with van der Waals surface area (Å²) in [6.07, 6.45) is 18.6. The number of methoxy groups -OCH3 is 2. The quantitative estimate of drug-likeness (QED) is 0.125. The zero-order valence-corrected chi connectivity index (χ0v) is 23.8. The van der Waals surface area contributed by atoms with Crippen molar-refractivity contribution < 1.29 is 24.1 Å². The summed E-state index contributed by atoms with van der Waals surface area (Å²) in [5.74, 6) is 0.0469. The van der Waals surface area contributed by atoms with Crippen molar-refractivity contribution in [2.24, 2.45) is 0 Å². The number of allylic oxidation sites excluding steroid dienone is 7. The maximum Gasteiger partial charge on any atom is 0.340 e. The lowest BCUT2D eigenvalue weighted by atomic mass is 10.0. The Labute approximate surface area is 241 Å². The molecular weight excluding hydrogens is 522 g/mol. The van der Waals surface area contributed by atoms with Crippen molar-refractivity contribution in [3.63, 3.8) is 0 Å². The van der Waals surface area contributed by atoms with Gasteiger partial charge in [0.15, 0.2) is 0 Å². The number of esters is 1. The number of nitrogens with zero attached hydrogens (tertiary/aromatic N) is 1. The van der Waals surface area contributed by atoms with Crippen molar-refractivity contribution >= 4 is 29.7 Å². The van der Waals surface area contributed by atoms with Crippen molar-refractivity contribution in [2.45, 2.75) is 19.4 Å². The molecule has 0 saturated carbocycles. The fourth-order valence-corrected chi connectivity index (χ4v) is 4.39. The van der Waals surface area contributed by atoms with Crippen molar-refractivity contribution in [1.29, 1.82) is 0 Å². The van der Waals surface area contributed by atoms with E-state index in [9.17, 15) is 9.90 Å². The van der Waals surface area contributed by atoms with E-state index in [0.717, 1.165) is 12.0 Å². The zero-order chi connectivity index (χ0) is 28.7. The Morgan fingerprint density at radius 3 is 2.50 bits per heavy atom. The fourth-order valence-electron chi connectivity index (χ4n) is 4.01. The van der Waals surface area contributed by atoms with Crippen molar-refractivity contribution in [2.75, 3.05) is 20.8 Å². The molecule has 0 spiro atoms. The number of aliphatic hydroxyl groups excluding tert-OH is 1. The van der Waals surface area contributed by atoms with Gasteiger partial charge in [-0.25, -0.2) is 4.79 Å². The molecule has 1 unspecified atom stereocenters. The monoisotopic (exact) mass is 557 g/mol. The molecule has 3 aromatic rings. The van der Waals surface area contributed by atoms with Crippen LogP contribution >= 0.6 is 12.8 Å². The molecule has 1 aromatic heterocycles. The highest BCUT2D eigenvalue weighted by molar-refractivity contribution is 7.78. The second-order valence-electron chi connectivity index (χ2n) is 8.62. The predicted octanol–water partition coefficient (Wildman–Crippen LogP) is 7.32. The second kappa shape index (κ2) is 16.0. The van der Waals surface area contributed by atoms with Crippen LogP contribution < -0.4 is 4.74 Å². The first-order valence-electron chi connectivity index (χ1n) is 12.8. The van der Waals surface area contributed by atoms with Crippen molar-refractivity contribution in [3.05, 3.63) is 138 Å². The molecule has 0 saturated heterocycles. The Morgan fingerprint density at radius 2 is 1.85 bits per heavy atom. The molecule has 0 bridgehead atoms. The van der Waals surface area contributed by atoms with Gasteiger partial charge in [-0.3, -0.25) is 3.97 Å². The smallest absolute Gasteiger partial charge is 0.340 e. The summed E-state index contributed by atoms with van der Waals surface area (Å²) in [6.45, 7) is 2.29. The van der Waals surface area contributed by atoms with E-state index in [2.05, 4.69) is 25.0 Å². The van der Waals surface area contributed by atoms with Crippen LogP contribution in [0.3, 0.4) is 0 Å². The highest BCUT2D eigenvalue weighted by atomic mass is 32.1. The SMILES string of the molecule is C\C=C/C(=C\C=C\OCC1=CC=CCC=C1)C(O)c1c(C(=O)OC)c2ccc(OC)cc2n1S.c1ccccc1.